The molecule has 2 unspecified atom stereocenters. The van der Waals surface area contributed by atoms with Crippen LogP contribution in [0.3, 0.4) is 0 Å². The van der Waals surface area contributed by atoms with Gasteiger partial charge in [0.1, 0.15) is 11.3 Å². The molecule has 0 radical (unpaired) electrons. The van der Waals surface area contributed by atoms with Crippen LogP contribution in [-0.2, 0) is 4.79 Å². The summed E-state index contributed by atoms with van der Waals surface area (Å²) in [5.74, 6) is -6.62. The second-order valence-corrected chi connectivity index (χ2v) is 9.60. The predicted octanol–water partition coefficient (Wildman–Crippen LogP) is 3.77. The number of carbonyl (C=O) groups is 2. The topological polar surface area (TPSA) is 109 Å². The Morgan fingerprint density at radius 1 is 1.14 bits per heavy atom. The van der Waals surface area contributed by atoms with Crippen LogP contribution in [0.25, 0.3) is 10.9 Å². The molecule has 2 fully saturated rings. The summed E-state index contributed by atoms with van der Waals surface area (Å²) in [6.45, 7) is 2.84. The number of pyridine rings is 1. The minimum atomic E-state index is -5.04. The molecule has 4 rings (SSSR count). The molecule has 37 heavy (non-hydrogen) atoms. The number of aromatic carboxylic acids is 1. The van der Waals surface area contributed by atoms with Crippen molar-refractivity contribution in [2.75, 3.05) is 36.8 Å². The predicted molar refractivity (Wildman–Crippen MR) is 126 cm³/mol. The van der Waals surface area contributed by atoms with Gasteiger partial charge in [-0.1, -0.05) is 13.3 Å². The molecule has 2 heterocycles. The van der Waals surface area contributed by atoms with Crippen molar-refractivity contribution >= 4 is 34.2 Å². The maximum Gasteiger partial charge on any atom is 0.471 e. The van der Waals surface area contributed by atoms with E-state index in [9.17, 15) is 32.7 Å². The molecule has 1 aromatic carbocycles. The van der Waals surface area contributed by atoms with Crippen molar-refractivity contribution in [3.05, 3.63) is 33.6 Å². The zero-order valence-electron chi connectivity index (χ0n) is 20.2. The van der Waals surface area contributed by atoms with Crippen LogP contribution in [-0.4, -0.2) is 58.8 Å². The summed E-state index contributed by atoms with van der Waals surface area (Å²) in [6, 6.07) is -0.283. The number of amides is 1. The number of carbonyl (C=O) groups excluding carboxylic acids is 1. The fourth-order valence-electron chi connectivity index (χ4n) is 5.23. The maximum absolute atomic E-state index is 16.0. The Labute approximate surface area is 208 Å². The highest BCUT2D eigenvalue weighted by Gasteiger charge is 2.44. The summed E-state index contributed by atoms with van der Waals surface area (Å²) < 4.78 is 72.0. The molecule has 1 aliphatic carbocycles. The largest absolute Gasteiger partial charge is 0.477 e. The number of hydrogen-bond donors (Lipinski definition) is 2. The van der Waals surface area contributed by atoms with E-state index in [1.807, 2.05) is 0 Å². The summed E-state index contributed by atoms with van der Waals surface area (Å²) in [7, 11) is 0. The molecule has 2 aliphatic rings. The smallest absolute Gasteiger partial charge is 0.471 e. The number of carboxylic acid groups (broad SMARTS) is 1. The summed E-state index contributed by atoms with van der Waals surface area (Å²) >= 11 is 0. The number of aromatic nitrogens is 1. The number of carboxylic acids is 1. The third-order valence-corrected chi connectivity index (χ3v) is 7.32. The monoisotopic (exact) mass is 530 g/mol. The van der Waals surface area contributed by atoms with Gasteiger partial charge in [0, 0.05) is 38.4 Å². The van der Waals surface area contributed by atoms with Crippen molar-refractivity contribution in [3.8, 4) is 0 Å². The van der Waals surface area contributed by atoms with E-state index >= 15 is 8.78 Å². The molecule has 0 bridgehead atoms. The number of nitrogen functional groups attached to an aromatic ring is 1. The molecule has 1 saturated carbocycles. The molecule has 1 saturated heterocycles. The Hall–Kier alpha value is -3.38. The van der Waals surface area contributed by atoms with Gasteiger partial charge in [0.25, 0.3) is 0 Å². The Morgan fingerprint density at radius 2 is 1.76 bits per heavy atom. The van der Waals surface area contributed by atoms with Crippen molar-refractivity contribution < 1.29 is 36.6 Å². The molecule has 0 spiro atoms. The van der Waals surface area contributed by atoms with Crippen LogP contribution >= 0.6 is 0 Å². The SMILES string of the molecule is CCC1CN(c2c(F)c(N)c3c(=O)c(C(=O)O)cn(C4CC4)c3c2F)CC1CN(CC)C(=O)C(F)(F)F. The summed E-state index contributed by atoms with van der Waals surface area (Å²) in [6.07, 6.45) is -2.31. The second kappa shape index (κ2) is 9.49. The molecule has 1 aromatic heterocycles. The lowest BCUT2D eigenvalue weighted by atomic mass is 9.93. The molecule has 8 nitrogen and oxygen atoms in total. The van der Waals surface area contributed by atoms with Crippen molar-refractivity contribution in [1.29, 1.82) is 0 Å². The summed E-state index contributed by atoms with van der Waals surface area (Å²) in [5.41, 5.74) is 2.69. The first-order valence-electron chi connectivity index (χ1n) is 12.0. The summed E-state index contributed by atoms with van der Waals surface area (Å²) in [5, 5.41) is 8.87. The zero-order chi connectivity index (χ0) is 27.4. The molecule has 3 N–H and O–H groups in total. The van der Waals surface area contributed by atoms with Gasteiger partial charge in [0.2, 0.25) is 5.43 Å². The fraction of sp³-hybridized carbons (Fsp3) is 0.542. The van der Waals surface area contributed by atoms with Gasteiger partial charge in [-0.25, -0.2) is 13.6 Å². The highest BCUT2D eigenvalue weighted by atomic mass is 19.4. The third kappa shape index (κ3) is 4.59. The van der Waals surface area contributed by atoms with Gasteiger partial charge in [-0.15, -0.1) is 0 Å². The zero-order valence-corrected chi connectivity index (χ0v) is 20.2. The third-order valence-electron chi connectivity index (χ3n) is 7.32. The van der Waals surface area contributed by atoms with Gasteiger partial charge in [0.05, 0.1) is 16.6 Å². The molecule has 2 aromatic rings. The van der Waals surface area contributed by atoms with Crippen molar-refractivity contribution in [2.45, 2.75) is 45.3 Å². The molecular weight excluding hydrogens is 503 g/mol. The number of nitrogens with two attached hydrogens (primary N) is 1. The first-order valence-corrected chi connectivity index (χ1v) is 12.0. The van der Waals surface area contributed by atoms with Crippen LogP contribution in [0, 0.1) is 23.5 Å². The fourth-order valence-corrected chi connectivity index (χ4v) is 5.23. The van der Waals surface area contributed by atoms with Crippen LogP contribution in [0.1, 0.15) is 49.5 Å². The van der Waals surface area contributed by atoms with Gasteiger partial charge in [-0.3, -0.25) is 9.59 Å². The van der Waals surface area contributed by atoms with E-state index in [0.717, 1.165) is 6.20 Å². The number of anilines is 2. The number of fused-ring (bicyclic) bond motifs is 1. The summed E-state index contributed by atoms with van der Waals surface area (Å²) in [4.78, 5) is 38.3. The van der Waals surface area contributed by atoms with Gasteiger partial charge in [0.15, 0.2) is 11.6 Å². The van der Waals surface area contributed by atoms with Crippen LogP contribution in [0.2, 0.25) is 0 Å². The van der Waals surface area contributed by atoms with Gasteiger partial charge >= 0.3 is 18.1 Å². The van der Waals surface area contributed by atoms with Crippen molar-refractivity contribution in [3.63, 3.8) is 0 Å². The molecular formula is C24H27F5N4O4. The number of alkyl halides is 3. The number of halogens is 5. The Bertz CT molecular complexity index is 1320. The Balaban J connectivity index is 1.79. The minimum Gasteiger partial charge on any atom is -0.477 e. The van der Waals surface area contributed by atoms with E-state index in [1.165, 1.54) is 16.4 Å². The molecule has 1 amide bonds. The molecule has 13 heteroatoms. The van der Waals surface area contributed by atoms with Crippen molar-refractivity contribution in [1.82, 2.24) is 9.47 Å². The number of benzene rings is 1. The second-order valence-electron chi connectivity index (χ2n) is 9.60. The van der Waals surface area contributed by atoms with E-state index in [1.54, 1.807) is 6.92 Å². The van der Waals surface area contributed by atoms with Crippen molar-refractivity contribution in [2.24, 2.45) is 11.8 Å². The Kier molecular flexibility index (Phi) is 6.84. The quantitative estimate of drug-likeness (QED) is 0.417. The first kappa shape index (κ1) is 26.7. The average Bonchev–Trinajstić information content (AvgIpc) is 3.60. The van der Waals surface area contributed by atoms with E-state index in [-0.39, 0.29) is 43.7 Å². The number of rotatable bonds is 7. The molecule has 2 atom stereocenters. The van der Waals surface area contributed by atoms with Gasteiger partial charge < -0.3 is 25.2 Å². The molecule has 1 aliphatic heterocycles. The van der Waals surface area contributed by atoms with Crippen LogP contribution in [0.15, 0.2) is 11.0 Å². The van der Waals surface area contributed by atoms with Crippen LogP contribution < -0.4 is 16.1 Å². The van der Waals surface area contributed by atoms with Gasteiger partial charge in [-0.2, -0.15) is 13.2 Å². The lowest BCUT2D eigenvalue weighted by Crippen LogP contribution is -2.44. The molecule has 202 valence electrons. The highest BCUT2D eigenvalue weighted by Crippen LogP contribution is 2.43. The van der Waals surface area contributed by atoms with E-state index in [4.69, 9.17) is 5.73 Å². The lowest BCUT2D eigenvalue weighted by molar-refractivity contribution is -0.185. The first-order chi connectivity index (χ1) is 17.3. The lowest BCUT2D eigenvalue weighted by Gasteiger charge is -2.27. The maximum atomic E-state index is 16.0. The van der Waals surface area contributed by atoms with Crippen LogP contribution in [0.5, 0.6) is 0 Å². The minimum absolute atomic E-state index is 0.0419. The van der Waals surface area contributed by atoms with E-state index < -0.39 is 63.4 Å². The average molecular weight is 530 g/mol. The van der Waals surface area contributed by atoms with Gasteiger partial charge in [-0.05, 0) is 31.6 Å². The number of hydrogen-bond acceptors (Lipinski definition) is 5. The normalized spacial score (nSPS) is 20.0. The highest BCUT2D eigenvalue weighted by molar-refractivity contribution is 5.99. The standard InChI is InChI=1S/C24H27F5N4O4/c1-3-11-7-32(9-12(11)8-31(4-2)23(37)24(27,28)29)20-16(25)18(30)15-19(17(20)26)33(13-5-6-13)10-14(21(15)34)22(35)36/h10-13H,3-9,30H2,1-2H3,(H,35,36). The van der Waals surface area contributed by atoms with E-state index in [0.29, 0.717) is 24.2 Å². The number of nitrogens with zero attached hydrogens (tertiary/aromatic N) is 3. The van der Waals surface area contributed by atoms with E-state index in [2.05, 4.69) is 0 Å². The Morgan fingerprint density at radius 3 is 2.27 bits per heavy atom. The van der Waals surface area contributed by atoms with Crippen LogP contribution in [0.4, 0.5) is 33.3 Å².